The van der Waals surface area contributed by atoms with Gasteiger partial charge in [0.15, 0.2) is 0 Å². The van der Waals surface area contributed by atoms with Crippen LogP contribution >= 0.6 is 11.3 Å². The lowest BCUT2D eigenvalue weighted by atomic mass is 9.86. The Labute approximate surface area is 76.6 Å². The Morgan fingerprint density at radius 2 is 2.17 bits per heavy atom. The molecule has 0 saturated heterocycles. The Hall–Kier alpha value is -0.810. The van der Waals surface area contributed by atoms with Gasteiger partial charge in [0.2, 0.25) is 0 Å². The molecular formula is C10H11NS. The van der Waals surface area contributed by atoms with Crippen molar-refractivity contribution in [3.63, 3.8) is 0 Å². The molecule has 1 nitrogen and oxygen atoms in total. The van der Waals surface area contributed by atoms with E-state index in [1.807, 2.05) is 6.07 Å². The Kier molecular flexibility index (Phi) is 1.90. The van der Waals surface area contributed by atoms with Crippen LogP contribution in [0.15, 0.2) is 17.5 Å². The molecule has 0 radical (unpaired) electrons. The predicted octanol–water partition coefficient (Wildman–Crippen LogP) is 3.08. The van der Waals surface area contributed by atoms with Gasteiger partial charge in [0.1, 0.15) is 0 Å². The van der Waals surface area contributed by atoms with Gasteiger partial charge in [-0.15, -0.1) is 11.3 Å². The molecule has 0 aliphatic heterocycles. The summed E-state index contributed by atoms with van der Waals surface area (Å²) in [6, 6.07) is 6.63. The third-order valence-corrected chi connectivity index (χ3v) is 3.74. The van der Waals surface area contributed by atoms with Gasteiger partial charge in [-0.25, -0.2) is 0 Å². The predicted molar refractivity (Wildman–Crippen MR) is 50.1 cm³/mol. The highest BCUT2D eigenvalue weighted by molar-refractivity contribution is 7.10. The molecule has 1 saturated carbocycles. The van der Waals surface area contributed by atoms with Crippen LogP contribution in [0.1, 0.15) is 30.6 Å². The van der Waals surface area contributed by atoms with E-state index in [4.69, 9.17) is 5.26 Å². The van der Waals surface area contributed by atoms with Gasteiger partial charge in [-0.1, -0.05) is 18.9 Å². The molecule has 1 fully saturated rings. The molecule has 1 aliphatic carbocycles. The average molecular weight is 177 g/mol. The van der Waals surface area contributed by atoms with E-state index in [1.54, 1.807) is 11.3 Å². The summed E-state index contributed by atoms with van der Waals surface area (Å²) in [7, 11) is 0. The van der Waals surface area contributed by atoms with Gasteiger partial charge in [0.25, 0.3) is 0 Å². The first-order valence-corrected chi connectivity index (χ1v) is 5.21. The second kappa shape index (κ2) is 2.91. The maximum Gasteiger partial charge on any atom is 0.0914 e. The molecule has 1 aromatic heterocycles. The molecule has 12 heavy (non-hydrogen) atoms. The fourth-order valence-corrected chi connectivity index (χ4v) is 2.88. The van der Waals surface area contributed by atoms with Crippen LogP contribution < -0.4 is 0 Å². The van der Waals surface area contributed by atoms with Crippen molar-refractivity contribution in [3.05, 3.63) is 22.4 Å². The molecule has 0 spiro atoms. The van der Waals surface area contributed by atoms with Crippen LogP contribution in [0.4, 0.5) is 0 Å². The summed E-state index contributed by atoms with van der Waals surface area (Å²) in [5, 5.41) is 11.2. The zero-order valence-corrected chi connectivity index (χ0v) is 7.73. The molecular weight excluding hydrogens is 166 g/mol. The molecule has 0 aromatic carbocycles. The van der Waals surface area contributed by atoms with Crippen molar-refractivity contribution in [1.82, 2.24) is 0 Å². The van der Waals surface area contributed by atoms with Crippen LogP contribution in [-0.4, -0.2) is 0 Å². The van der Waals surface area contributed by atoms with Gasteiger partial charge in [-0.3, -0.25) is 0 Å². The smallest absolute Gasteiger partial charge is 0.0914 e. The van der Waals surface area contributed by atoms with E-state index in [1.165, 1.54) is 17.7 Å². The number of thiophene rings is 1. The molecule has 1 aromatic rings. The van der Waals surface area contributed by atoms with E-state index in [9.17, 15) is 0 Å². The lowest BCUT2D eigenvalue weighted by Crippen LogP contribution is -2.17. The number of nitriles is 1. The highest BCUT2D eigenvalue weighted by Crippen LogP contribution is 2.42. The second-order valence-corrected chi connectivity index (χ2v) is 4.33. The van der Waals surface area contributed by atoms with Crippen LogP contribution in [0.25, 0.3) is 0 Å². The van der Waals surface area contributed by atoms with E-state index in [0.29, 0.717) is 0 Å². The summed E-state index contributed by atoms with van der Waals surface area (Å²) in [5.74, 6) is 0. The third-order valence-electron chi connectivity index (χ3n) is 2.66. The maximum absolute atomic E-state index is 9.14. The van der Waals surface area contributed by atoms with Crippen LogP contribution in [-0.2, 0) is 5.41 Å². The van der Waals surface area contributed by atoms with Gasteiger partial charge in [-0.2, -0.15) is 5.26 Å². The van der Waals surface area contributed by atoms with Crippen molar-refractivity contribution < 1.29 is 0 Å². The summed E-state index contributed by atoms with van der Waals surface area (Å²) in [6.45, 7) is 0. The largest absolute Gasteiger partial charge is 0.197 e. The molecule has 0 amide bonds. The Balaban J connectivity index is 2.36. The second-order valence-electron chi connectivity index (χ2n) is 3.38. The minimum Gasteiger partial charge on any atom is -0.197 e. The minimum atomic E-state index is -0.117. The molecule has 2 heteroatoms. The monoisotopic (exact) mass is 177 g/mol. The van der Waals surface area contributed by atoms with Crippen LogP contribution in [0.2, 0.25) is 0 Å². The van der Waals surface area contributed by atoms with Gasteiger partial charge in [0.05, 0.1) is 11.5 Å². The van der Waals surface area contributed by atoms with Gasteiger partial charge in [0, 0.05) is 4.88 Å². The van der Waals surface area contributed by atoms with Crippen molar-refractivity contribution >= 4 is 11.3 Å². The van der Waals surface area contributed by atoms with Crippen LogP contribution in [0.3, 0.4) is 0 Å². The van der Waals surface area contributed by atoms with Crippen LogP contribution in [0.5, 0.6) is 0 Å². The summed E-state index contributed by atoms with van der Waals surface area (Å²) < 4.78 is 0. The summed E-state index contributed by atoms with van der Waals surface area (Å²) >= 11 is 1.72. The average Bonchev–Trinajstić information content (AvgIpc) is 2.76. The molecule has 0 N–H and O–H groups in total. The van der Waals surface area contributed by atoms with Gasteiger partial charge >= 0.3 is 0 Å². The number of hydrogen-bond donors (Lipinski definition) is 0. The third kappa shape index (κ3) is 1.05. The van der Waals surface area contributed by atoms with E-state index in [2.05, 4.69) is 17.5 Å². The fourth-order valence-electron chi connectivity index (χ4n) is 1.94. The lowest BCUT2D eigenvalue weighted by molar-refractivity contribution is 0.585. The molecule has 1 aliphatic rings. The normalized spacial score (nSPS) is 20.6. The van der Waals surface area contributed by atoms with Crippen molar-refractivity contribution in [3.8, 4) is 6.07 Å². The van der Waals surface area contributed by atoms with E-state index in [0.717, 1.165) is 12.8 Å². The first-order chi connectivity index (χ1) is 5.87. The first kappa shape index (κ1) is 7.82. The van der Waals surface area contributed by atoms with E-state index in [-0.39, 0.29) is 5.41 Å². The Morgan fingerprint density at radius 1 is 1.42 bits per heavy atom. The van der Waals surface area contributed by atoms with Crippen molar-refractivity contribution in [1.29, 1.82) is 5.26 Å². The maximum atomic E-state index is 9.14. The zero-order valence-electron chi connectivity index (χ0n) is 6.92. The fraction of sp³-hybridized carbons (Fsp3) is 0.500. The molecule has 0 bridgehead atoms. The lowest BCUT2D eigenvalue weighted by Gasteiger charge is -2.17. The van der Waals surface area contributed by atoms with Crippen molar-refractivity contribution in [2.45, 2.75) is 31.1 Å². The van der Waals surface area contributed by atoms with Crippen LogP contribution in [0, 0.1) is 11.3 Å². The standard InChI is InChI=1S/C10H11NS/c11-8-10(5-1-2-6-10)9-4-3-7-12-9/h3-4,7H,1-2,5-6H2. The van der Waals surface area contributed by atoms with Gasteiger partial charge in [-0.05, 0) is 24.3 Å². The highest BCUT2D eigenvalue weighted by Gasteiger charge is 2.36. The highest BCUT2D eigenvalue weighted by atomic mass is 32.1. The topological polar surface area (TPSA) is 23.8 Å². The molecule has 62 valence electrons. The first-order valence-electron chi connectivity index (χ1n) is 4.33. The Bertz CT molecular complexity index is 288. The number of rotatable bonds is 1. The Morgan fingerprint density at radius 3 is 2.67 bits per heavy atom. The van der Waals surface area contributed by atoms with Crippen molar-refractivity contribution in [2.24, 2.45) is 0 Å². The quantitative estimate of drug-likeness (QED) is 0.646. The van der Waals surface area contributed by atoms with Gasteiger partial charge < -0.3 is 0 Å². The SMILES string of the molecule is N#CC1(c2cccs2)CCCC1. The minimum absolute atomic E-state index is 0.117. The van der Waals surface area contributed by atoms with Crippen molar-refractivity contribution in [2.75, 3.05) is 0 Å². The zero-order chi connectivity index (χ0) is 8.44. The molecule has 0 unspecified atom stereocenters. The molecule has 2 rings (SSSR count). The summed E-state index contributed by atoms with van der Waals surface area (Å²) in [5.41, 5.74) is -0.117. The molecule has 1 heterocycles. The number of hydrogen-bond acceptors (Lipinski definition) is 2. The van der Waals surface area contributed by atoms with E-state index >= 15 is 0 Å². The number of nitrogens with zero attached hydrogens (tertiary/aromatic N) is 1. The van der Waals surface area contributed by atoms with E-state index < -0.39 is 0 Å². The molecule has 0 atom stereocenters. The summed E-state index contributed by atoms with van der Waals surface area (Å²) in [6.07, 6.45) is 4.55. The summed E-state index contributed by atoms with van der Waals surface area (Å²) in [4.78, 5) is 1.27.